The minimum Gasteiger partial charge on any atom is -0.384 e. The van der Waals surface area contributed by atoms with Crippen molar-refractivity contribution < 1.29 is 5.11 Å². The molecule has 12 heavy (non-hydrogen) atoms. The van der Waals surface area contributed by atoms with Gasteiger partial charge in [0.05, 0.1) is 17.3 Å². The van der Waals surface area contributed by atoms with Crippen LogP contribution in [0.5, 0.6) is 0 Å². The van der Waals surface area contributed by atoms with Gasteiger partial charge in [0.15, 0.2) is 0 Å². The van der Waals surface area contributed by atoms with Crippen molar-refractivity contribution in [3.63, 3.8) is 0 Å². The van der Waals surface area contributed by atoms with Crippen molar-refractivity contribution in [3.8, 4) is 6.07 Å². The van der Waals surface area contributed by atoms with Gasteiger partial charge >= 0.3 is 0 Å². The lowest BCUT2D eigenvalue weighted by atomic mass is 10.0. The quantitative estimate of drug-likeness (QED) is 0.674. The second-order valence-corrected chi connectivity index (χ2v) is 3.10. The standard InChI is InChI=1S/C9H10N2O/c1-9(2,12)8-5-7(6-10)3-4-11-8/h3-5,12H,1-2H3. The van der Waals surface area contributed by atoms with Gasteiger partial charge in [0.1, 0.15) is 5.60 Å². The Balaban J connectivity index is 3.13. The molecule has 3 nitrogen and oxygen atoms in total. The third-order valence-electron chi connectivity index (χ3n) is 1.52. The van der Waals surface area contributed by atoms with Crippen molar-refractivity contribution >= 4 is 0 Å². The highest BCUT2D eigenvalue weighted by atomic mass is 16.3. The monoisotopic (exact) mass is 162 g/mol. The van der Waals surface area contributed by atoms with Crippen molar-refractivity contribution in [1.82, 2.24) is 4.98 Å². The Morgan fingerprint density at radius 1 is 1.58 bits per heavy atom. The van der Waals surface area contributed by atoms with Crippen LogP contribution in [0.3, 0.4) is 0 Å². The summed E-state index contributed by atoms with van der Waals surface area (Å²) in [5.41, 5.74) is 0.0519. The molecule has 0 unspecified atom stereocenters. The third-order valence-corrected chi connectivity index (χ3v) is 1.52. The van der Waals surface area contributed by atoms with Gasteiger partial charge in [-0.3, -0.25) is 4.98 Å². The van der Waals surface area contributed by atoms with Gasteiger partial charge in [-0.05, 0) is 26.0 Å². The maximum atomic E-state index is 9.54. The fourth-order valence-corrected chi connectivity index (χ4v) is 0.835. The molecule has 3 heteroatoms. The zero-order valence-electron chi connectivity index (χ0n) is 7.07. The minimum atomic E-state index is -0.979. The lowest BCUT2D eigenvalue weighted by Gasteiger charge is -2.15. The summed E-state index contributed by atoms with van der Waals surface area (Å²) in [6, 6.07) is 5.18. The summed E-state index contributed by atoms with van der Waals surface area (Å²) in [7, 11) is 0. The maximum Gasteiger partial charge on any atom is 0.101 e. The van der Waals surface area contributed by atoms with Crippen LogP contribution in [0.15, 0.2) is 18.3 Å². The van der Waals surface area contributed by atoms with E-state index in [0.29, 0.717) is 11.3 Å². The van der Waals surface area contributed by atoms with Crippen LogP contribution in [0.2, 0.25) is 0 Å². The molecule has 1 aromatic rings. The summed E-state index contributed by atoms with van der Waals surface area (Å²) in [6.07, 6.45) is 1.52. The summed E-state index contributed by atoms with van der Waals surface area (Å²) in [5.74, 6) is 0. The molecular formula is C9H10N2O. The lowest BCUT2D eigenvalue weighted by Crippen LogP contribution is -2.17. The van der Waals surface area contributed by atoms with Crippen LogP contribution in [0.1, 0.15) is 25.1 Å². The number of rotatable bonds is 1. The molecule has 1 heterocycles. The molecule has 0 aliphatic rings. The first-order valence-corrected chi connectivity index (χ1v) is 3.63. The summed E-state index contributed by atoms with van der Waals surface area (Å²) in [5, 5.41) is 18.1. The molecule has 1 N–H and O–H groups in total. The molecule has 0 fully saturated rings. The molecule has 0 aliphatic carbocycles. The molecule has 0 bridgehead atoms. The van der Waals surface area contributed by atoms with E-state index >= 15 is 0 Å². The van der Waals surface area contributed by atoms with E-state index in [-0.39, 0.29) is 0 Å². The Labute approximate surface area is 71.3 Å². The van der Waals surface area contributed by atoms with Gasteiger partial charge in [-0.25, -0.2) is 0 Å². The smallest absolute Gasteiger partial charge is 0.101 e. The first-order valence-electron chi connectivity index (χ1n) is 3.63. The van der Waals surface area contributed by atoms with E-state index < -0.39 is 5.60 Å². The molecule has 1 aromatic heterocycles. The van der Waals surface area contributed by atoms with Gasteiger partial charge in [-0.15, -0.1) is 0 Å². The number of pyridine rings is 1. The van der Waals surface area contributed by atoms with E-state index in [1.807, 2.05) is 6.07 Å². The molecule has 0 aliphatic heterocycles. The molecule has 62 valence electrons. The van der Waals surface area contributed by atoms with Crippen LogP contribution in [-0.2, 0) is 5.60 Å². The predicted octanol–water partition coefficient (Wildman–Crippen LogP) is 1.18. The molecular weight excluding hydrogens is 152 g/mol. The Morgan fingerprint density at radius 2 is 2.25 bits per heavy atom. The van der Waals surface area contributed by atoms with E-state index in [2.05, 4.69) is 4.98 Å². The van der Waals surface area contributed by atoms with Crippen molar-refractivity contribution in [2.45, 2.75) is 19.4 Å². The maximum absolute atomic E-state index is 9.54. The fraction of sp³-hybridized carbons (Fsp3) is 0.333. The fourth-order valence-electron chi connectivity index (χ4n) is 0.835. The summed E-state index contributed by atoms with van der Waals surface area (Å²) >= 11 is 0. The SMILES string of the molecule is CC(C)(O)c1cc(C#N)ccn1. The first kappa shape index (κ1) is 8.69. The van der Waals surface area contributed by atoms with E-state index in [1.54, 1.807) is 26.0 Å². The van der Waals surface area contributed by atoms with E-state index in [0.717, 1.165) is 0 Å². The summed E-state index contributed by atoms with van der Waals surface area (Å²) < 4.78 is 0. The predicted molar refractivity (Wildman–Crippen MR) is 44.2 cm³/mol. The van der Waals surface area contributed by atoms with Crippen molar-refractivity contribution in [2.24, 2.45) is 0 Å². The molecule has 0 spiro atoms. The molecule has 0 saturated heterocycles. The minimum absolute atomic E-state index is 0.515. The van der Waals surface area contributed by atoms with Crippen LogP contribution < -0.4 is 0 Å². The molecule has 1 rings (SSSR count). The second kappa shape index (κ2) is 2.92. The van der Waals surface area contributed by atoms with Gasteiger partial charge < -0.3 is 5.11 Å². The molecule has 0 aromatic carbocycles. The van der Waals surface area contributed by atoms with Crippen molar-refractivity contribution in [1.29, 1.82) is 5.26 Å². The second-order valence-electron chi connectivity index (χ2n) is 3.10. The summed E-state index contributed by atoms with van der Waals surface area (Å²) in [4.78, 5) is 3.96. The van der Waals surface area contributed by atoms with Crippen molar-refractivity contribution in [2.75, 3.05) is 0 Å². The third kappa shape index (κ3) is 1.80. The average Bonchev–Trinajstić information content (AvgIpc) is 2.03. The largest absolute Gasteiger partial charge is 0.384 e. The highest BCUT2D eigenvalue weighted by Gasteiger charge is 2.17. The van der Waals surface area contributed by atoms with Crippen LogP contribution in [0.4, 0.5) is 0 Å². The van der Waals surface area contributed by atoms with Crippen molar-refractivity contribution in [3.05, 3.63) is 29.6 Å². The normalized spacial score (nSPS) is 10.8. The zero-order valence-corrected chi connectivity index (χ0v) is 7.07. The van der Waals surface area contributed by atoms with Crippen LogP contribution in [0.25, 0.3) is 0 Å². The van der Waals surface area contributed by atoms with Crippen LogP contribution in [0, 0.1) is 11.3 Å². The van der Waals surface area contributed by atoms with Gasteiger partial charge in [0.25, 0.3) is 0 Å². The lowest BCUT2D eigenvalue weighted by molar-refractivity contribution is 0.0738. The Bertz CT molecular complexity index is 320. The van der Waals surface area contributed by atoms with Crippen LogP contribution in [-0.4, -0.2) is 10.1 Å². The Morgan fingerprint density at radius 3 is 2.75 bits per heavy atom. The number of aliphatic hydroxyl groups is 1. The molecule has 0 saturated carbocycles. The highest BCUT2D eigenvalue weighted by molar-refractivity contribution is 5.30. The molecule has 0 atom stereocenters. The first-order chi connectivity index (χ1) is 5.54. The molecule has 0 amide bonds. The van der Waals surface area contributed by atoms with Gasteiger partial charge in [-0.1, -0.05) is 0 Å². The number of nitrogens with zero attached hydrogens (tertiary/aromatic N) is 2. The van der Waals surface area contributed by atoms with Gasteiger partial charge in [0, 0.05) is 6.20 Å². The number of hydrogen-bond acceptors (Lipinski definition) is 3. The van der Waals surface area contributed by atoms with E-state index in [1.165, 1.54) is 6.20 Å². The number of hydrogen-bond donors (Lipinski definition) is 1. The summed E-state index contributed by atoms with van der Waals surface area (Å²) in [6.45, 7) is 3.27. The molecule has 0 radical (unpaired) electrons. The zero-order chi connectivity index (χ0) is 9.19. The van der Waals surface area contributed by atoms with Gasteiger partial charge in [0.2, 0.25) is 0 Å². The van der Waals surface area contributed by atoms with Gasteiger partial charge in [-0.2, -0.15) is 5.26 Å². The number of nitriles is 1. The highest BCUT2D eigenvalue weighted by Crippen LogP contribution is 2.17. The average molecular weight is 162 g/mol. The Kier molecular flexibility index (Phi) is 2.11. The topological polar surface area (TPSA) is 56.9 Å². The van der Waals surface area contributed by atoms with E-state index in [4.69, 9.17) is 5.26 Å². The van der Waals surface area contributed by atoms with Crippen LogP contribution >= 0.6 is 0 Å². The Hall–Kier alpha value is -1.40. The van der Waals surface area contributed by atoms with E-state index in [9.17, 15) is 5.11 Å². The number of aromatic nitrogens is 1.